The molecule has 4 heteroatoms. The van der Waals surface area contributed by atoms with Gasteiger partial charge in [-0.05, 0) is 36.2 Å². The first-order chi connectivity index (χ1) is 7.20. The highest BCUT2D eigenvalue weighted by atomic mass is 32.1. The number of ketones is 1. The lowest BCUT2D eigenvalue weighted by atomic mass is 10.0. The van der Waals surface area contributed by atoms with Gasteiger partial charge >= 0.3 is 0 Å². The highest BCUT2D eigenvalue weighted by Gasteiger charge is 2.14. The lowest BCUT2D eigenvalue weighted by molar-refractivity contribution is 0.103. The average Bonchev–Trinajstić information content (AvgIpc) is 2.74. The van der Waals surface area contributed by atoms with Crippen LogP contribution in [0.2, 0.25) is 0 Å². The fourth-order valence-electron chi connectivity index (χ4n) is 1.37. The van der Waals surface area contributed by atoms with Crippen LogP contribution in [-0.2, 0) is 0 Å². The summed E-state index contributed by atoms with van der Waals surface area (Å²) in [7, 11) is 0. The summed E-state index contributed by atoms with van der Waals surface area (Å²) >= 11 is 1.27. The van der Waals surface area contributed by atoms with Crippen molar-refractivity contribution in [2.45, 2.75) is 6.92 Å². The first-order valence-electron chi connectivity index (χ1n) is 4.50. The summed E-state index contributed by atoms with van der Waals surface area (Å²) in [6.07, 6.45) is 0. The van der Waals surface area contributed by atoms with E-state index >= 15 is 0 Å². The number of aromatic nitrogens is 1. The molecule has 0 atom stereocenters. The van der Waals surface area contributed by atoms with Crippen molar-refractivity contribution in [3.05, 3.63) is 46.5 Å². The Kier molecular flexibility index (Phi) is 2.51. The molecule has 2 N–H and O–H groups in total. The molecule has 2 rings (SSSR count). The van der Waals surface area contributed by atoms with Crippen LogP contribution in [0.4, 0.5) is 5.69 Å². The number of carbonyl (C=O) groups excluding carboxylic acids is 1. The van der Waals surface area contributed by atoms with Crippen LogP contribution in [0.15, 0.2) is 29.6 Å². The number of hydrogen-bond donors (Lipinski definition) is 1. The molecule has 1 aromatic heterocycles. The van der Waals surface area contributed by atoms with E-state index in [2.05, 4.69) is 4.37 Å². The van der Waals surface area contributed by atoms with E-state index in [0.29, 0.717) is 16.9 Å². The molecule has 0 saturated carbocycles. The zero-order valence-electron chi connectivity index (χ0n) is 8.23. The van der Waals surface area contributed by atoms with Crippen molar-refractivity contribution in [2.24, 2.45) is 0 Å². The van der Waals surface area contributed by atoms with Crippen LogP contribution in [0.25, 0.3) is 0 Å². The van der Waals surface area contributed by atoms with Crippen molar-refractivity contribution in [1.82, 2.24) is 4.37 Å². The number of hydrogen-bond acceptors (Lipinski definition) is 4. The summed E-state index contributed by atoms with van der Waals surface area (Å²) in [5.41, 5.74) is 8.30. The molecule has 0 fully saturated rings. The van der Waals surface area contributed by atoms with Gasteiger partial charge in [-0.15, -0.1) is 0 Å². The van der Waals surface area contributed by atoms with Crippen LogP contribution in [-0.4, -0.2) is 10.2 Å². The Balaban J connectivity index is 2.47. The Morgan fingerprint density at radius 3 is 2.87 bits per heavy atom. The Morgan fingerprint density at radius 2 is 2.20 bits per heavy atom. The summed E-state index contributed by atoms with van der Waals surface area (Å²) < 4.78 is 4.01. The number of nitrogens with two attached hydrogens (primary N) is 1. The molecule has 3 nitrogen and oxygen atoms in total. The molecular weight excluding hydrogens is 208 g/mol. The summed E-state index contributed by atoms with van der Waals surface area (Å²) in [5.74, 6) is -0.0685. The van der Waals surface area contributed by atoms with Crippen LogP contribution in [0.5, 0.6) is 0 Å². The predicted octanol–water partition coefficient (Wildman–Crippen LogP) is 2.26. The fraction of sp³-hybridized carbons (Fsp3) is 0.0909. The van der Waals surface area contributed by atoms with E-state index in [1.54, 1.807) is 29.6 Å². The lowest BCUT2D eigenvalue weighted by Crippen LogP contribution is -2.05. The van der Waals surface area contributed by atoms with Gasteiger partial charge in [0.1, 0.15) is 5.69 Å². The van der Waals surface area contributed by atoms with Crippen LogP contribution in [0, 0.1) is 6.92 Å². The minimum absolute atomic E-state index is 0.0685. The molecule has 0 amide bonds. The highest BCUT2D eigenvalue weighted by molar-refractivity contribution is 7.03. The van der Waals surface area contributed by atoms with Crippen molar-refractivity contribution in [2.75, 3.05) is 5.73 Å². The third-order valence-electron chi connectivity index (χ3n) is 2.29. The molecule has 1 heterocycles. The number of nitrogen functional groups attached to an aromatic ring is 1. The lowest BCUT2D eigenvalue weighted by Gasteiger charge is -2.05. The third kappa shape index (κ3) is 1.76. The topological polar surface area (TPSA) is 56.0 Å². The van der Waals surface area contributed by atoms with E-state index in [1.165, 1.54) is 11.5 Å². The second-order valence-corrected chi connectivity index (χ2v) is 3.90. The predicted molar refractivity (Wildman–Crippen MR) is 61.1 cm³/mol. The molecule has 0 saturated heterocycles. The summed E-state index contributed by atoms with van der Waals surface area (Å²) in [6, 6.07) is 7.05. The third-order valence-corrected chi connectivity index (χ3v) is 2.85. The van der Waals surface area contributed by atoms with Crippen molar-refractivity contribution in [3.63, 3.8) is 0 Å². The number of benzene rings is 1. The van der Waals surface area contributed by atoms with Crippen LogP contribution < -0.4 is 5.73 Å². The monoisotopic (exact) mass is 218 g/mol. The van der Waals surface area contributed by atoms with E-state index in [1.807, 2.05) is 6.92 Å². The zero-order chi connectivity index (χ0) is 10.8. The average molecular weight is 218 g/mol. The second kappa shape index (κ2) is 3.82. The summed E-state index contributed by atoms with van der Waals surface area (Å²) in [6.45, 7) is 1.84. The maximum atomic E-state index is 12.0. The van der Waals surface area contributed by atoms with Crippen molar-refractivity contribution >= 4 is 23.0 Å². The largest absolute Gasteiger partial charge is 0.398 e. The van der Waals surface area contributed by atoms with E-state index in [4.69, 9.17) is 5.73 Å². The van der Waals surface area contributed by atoms with Crippen molar-refractivity contribution < 1.29 is 4.79 Å². The van der Waals surface area contributed by atoms with Gasteiger partial charge in [0.05, 0.1) is 0 Å². The number of rotatable bonds is 2. The Hall–Kier alpha value is -1.68. The molecule has 76 valence electrons. The normalized spacial score (nSPS) is 10.2. The molecule has 0 aliphatic heterocycles. The maximum absolute atomic E-state index is 12.0. The van der Waals surface area contributed by atoms with E-state index in [-0.39, 0.29) is 5.78 Å². The zero-order valence-corrected chi connectivity index (χ0v) is 9.04. The summed E-state index contributed by atoms with van der Waals surface area (Å²) in [5, 5.41) is 1.79. The number of anilines is 1. The van der Waals surface area contributed by atoms with E-state index < -0.39 is 0 Å². The molecule has 0 unspecified atom stereocenters. The Bertz CT molecular complexity index is 491. The Morgan fingerprint density at radius 1 is 1.40 bits per heavy atom. The molecule has 15 heavy (non-hydrogen) atoms. The van der Waals surface area contributed by atoms with Crippen LogP contribution in [0.1, 0.15) is 21.6 Å². The molecule has 0 radical (unpaired) electrons. The summed E-state index contributed by atoms with van der Waals surface area (Å²) in [4.78, 5) is 12.0. The first kappa shape index (κ1) is 9.86. The number of nitrogens with zero attached hydrogens (tertiary/aromatic N) is 1. The van der Waals surface area contributed by atoms with Crippen LogP contribution in [0.3, 0.4) is 0 Å². The van der Waals surface area contributed by atoms with Crippen molar-refractivity contribution in [1.29, 1.82) is 0 Å². The maximum Gasteiger partial charge on any atom is 0.212 e. The van der Waals surface area contributed by atoms with Gasteiger partial charge in [0.15, 0.2) is 0 Å². The van der Waals surface area contributed by atoms with Gasteiger partial charge < -0.3 is 5.73 Å². The molecular formula is C11H10N2OS. The molecule has 2 aromatic rings. The van der Waals surface area contributed by atoms with Gasteiger partial charge in [0.25, 0.3) is 0 Å². The van der Waals surface area contributed by atoms with Gasteiger partial charge in [0, 0.05) is 16.6 Å². The first-order valence-corrected chi connectivity index (χ1v) is 5.34. The standard InChI is InChI=1S/C11H10N2OS/c1-7-8(3-2-4-9(7)12)11(14)10-5-6-15-13-10/h2-6H,12H2,1H3. The molecule has 0 bridgehead atoms. The van der Waals surface area contributed by atoms with Gasteiger partial charge in [0.2, 0.25) is 5.78 Å². The minimum Gasteiger partial charge on any atom is -0.398 e. The van der Waals surface area contributed by atoms with Gasteiger partial charge in [-0.2, -0.15) is 4.37 Å². The minimum atomic E-state index is -0.0685. The Labute approximate surface area is 91.7 Å². The van der Waals surface area contributed by atoms with Crippen LogP contribution >= 0.6 is 11.5 Å². The van der Waals surface area contributed by atoms with Gasteiger partial charge in [-0.25, -0.2) is 0 Å². The molecule has 0 aliphatic rings. The quantitative estimate of drug-likeness (QED) is 0.621. The smallest absolute Gasteiger partial charge is 0.212 e. The second-order valence-electron chi connectivity index (χ2n) is 3.23. The van der Waals surface area contributed by atoms with Gasteiger partial charge in [-0.3, -0.25) is 4.79 Å². The SMILES string of the molecule is Cc1c(N)cccc1C(=O)c1ccsn1. The van der Waals surface area contributed by atoms with Crippen molar-refractivity contribution in [3.8, 4) is 0 Å². The van der Waals surface area contributed by atoms with E-state index in [0.717, 1.165) is 5.56 Å². The highest BCUT2D eigenvalue weighted by Crippen LogP contribution is 2.18. The molecule has 1 aromatic carbocycles. The number of carbonyl (C=O) groups is 1. The molecule has 0 spiro atoms. The van der Waals surface area contributed by atoms with E-state index in [9.17, 15) is 4.79 Å². The fourth-order valence-corrected chi connectivity index (χ4v) is 1.88. The molecule has 0 aliphatic carbocycles. The van der Waals surface area contributed by atoms with Gasteiger partial charge in [-0.1, -0.05) is 12.1 Å².